The summed E-state index contributed by atoms with van der Waals surface area (Å²) >= 11 is 1.32. The Morgan fingerprint density at radius 1 is 1.29 bits per heavy atom. The normalized spacial score (nSPS) is 13.9. The van der Waals surface area contributed by atoms with Crippen LogP contribution in [0.2, 0.25) is 0 Å². The van der Waals surface area contributed by atoms with Gasteiger partial charge in [0, 0.05) is 16.8 Å². The number of para-hydroxylation sites is 1. The van der Waals surface area contributed by atoms with Crippen molar-refractivity contribution in [1.82, 2.24) is 20.2 Å². The Labute approximate surface area is 164 Å². The summed E-state index contributed by atoms with van der Waals surface area (Å²) in [6.07, 6.45) is 2.17. The molecule has 0 bridgehead atoms. The third-order valence-corrected chi connectivity index (χ3v) is 5.59. The number of carbonyl (C=O) groups is 1. The van der Waals surface area contributed by atoms with Gasteiger partial charge in [-0.05, 0) is 35.4 Å². The van der Waals surface area contributed by atoms with E-state index in [2.05, 4.69) is 20.8 Å². The van der Waals surface area contributed by atoms with Gasteiger partial charge in [-0.3, -0.25) is 4.79 Å². The molecule has 1 fully saturated rings. The third kappa shape index (κ3) is 3.07. The molecule has 2 aromatic carbocycles. The molecule has 8 nitrogen and oxygen atoms in total. The lowest BCUT2D eigenvalue weighted by molar-refractivity contribution is -0.113. The summed E-state index contributed by atoms with van der Waals surface area (Å²) < 4.78 is 13.2. The average Bonchev–Trinajstić information content (AvgIpc) is 3.33. The SMILES string of the molecule is COc1cc2c(cc1NC(=O)CSc1nnnn1C1CC1)oc1ccccc12. The van der Waals surface area contributed by atoms with Gasteiger partial charge in [-0.25, -0.2) is 4.68 Å². The summed E-state index contributed by atoms with van der Waals surface area (Å²) in [6.45, 7) is 0. The molecule has 0 spiro atoms. The van der Waals surface area contributed by atoms with Crippen molar-refractivity contribution in [3.63, 3.8) is 0 Å². The highest BCUT2D eigenvalue weighted by molar-refractivity contribution is 7.99. The van der Waals surface area contributed by atoms with E-state index in [0.29, 0.717) is 28.2 Å². The van der Waals surface area contributed by atoms with Crippen molar-refractivity contribution < 1.29 is 13.9 Å². The second kappa shape index (κ2) is 6.83. The highest BCUT2D eigenvalue weighted by atomic mass is 32.2. The number of thioether (sulfide) groups is 1. The largest absolute Gasteiger partial charge is 0.495 e. The number of methoxy groups -OCH3 is 1. The van der Waals surface area contributed by atoms with Gasteiger partial charge in [0.15, 0.2) is 0 Å². The first-order valence-electron chi connectivity index (χ1n) is 8.93. The van der Waals surface area contributed by atoms with E-state index >= 15 is 0 Å². The zero-order chi connectivity index (χ0) is 19.1. The van der Waals surface area contributed by atoms with E-state index in [9.17, 15) is 4.79 Å². The van der Waals surface area contributed by atoms with Crippen LogP contribution in [0.3, 0.4) is 0 Å². The maximum absolute atomic E-state index is 12.5. The maximum atomic E-state index is 12.5. The van der Waals surface area contributed by atoms with Gasteiger partial charge in [0.05, 0.1) is 24.6 Å². The highest BCUT2D eigenvalue weighted by Gasteiger charge is 2.28. The molecule has 0 atom stereocenters. The van der Waals surface area contributed by atoms with E-state index in [-0.39, 0.29) is 11.7 Å². The average molecular weight is 395 g/mol. The van der Waals surface area contributed by atoms with Crippen molar-refractivity contribution in [2.24, 2.45) is 0 Å². The van der Waals surface area contributed by atoms with Crippen molar-refractivity contribution in [2.75, 3.05) is 18.2 Å². The van der Waals surface area contributed by atoms with E-state index in [4.69, 9.17) is 9.15 Å². The van der Waals surface area contributed by atoms with E-state index in [0.717, 1.165) is 29.2 Å². The van der Waals surface area contributed by atoms with E-state index in [1.807, 2.05) is 30.3 Å². The van der Waals surface area contributed by atoms with Crippen LogP contribution in [0.4, 0.5) is 5.69 Å². The number of aromatic nitrogens is 4. The maximum Gasteiger partial charge on any atom is 0.234 e. The van der Waals surface area contributed by atoms with Gasteiger partial charge in [0.2, 0.25) is 11.1 Å². The monoisotopic (exact) mass is 395 g/mol. The fraction of sp³-hybridized carbons (Fsp3) is 0.263. The number of hydrogen-bond acceptors (Lipinski definition) is 7. The van der Waals surface area contributed by atoms with E-state index < -0.39 is 0 Å². The van der Waals surface area contributed by atoms with Gasteiger partial charge in [0.1, 0.15) is 16.9 Å². The number of hydrogen-bond donors (Lipinski definition) is 1. The number of nitrogens with zero attached hydrogens (tertiary/aromatic N) is 4. The minimum Gasteiger partial charge on any atom is -0.495 e. The van der Waals surface area contributed by atoms with E-state index in [1.54, 1.807) is 17.9 Å². The molecule has 142 valence electrons. The van der Waals surface area contributed by atoms with Crippen LogP contribution in [0, 0.1) is 0 Å². The second-order valence-electron chi connectivity index (χ2n) is 6.62. The number of rotatable bonds is 6. The molecule has 0 aliphatic heterocycles. The topological polar surface area (TPSA) is 95.1 Å². The van der Waals surface area contributed by atoms with Crippen LogP contribution in [0.25, 0.3) is 21.9 Å². The Bertz CT molecular complexity index is 1180. The summed E-state index contributed by atoms with van der Waals surface area (Å²) in [5, 5.41) is 17.2. The molecule has 0 saturated heterocycles. The molecular weight excluding hydrogens is 378 g/mol. The van der Waals surface area contributed by atoms with Crippen LogP contribution in [0.1, 0.15) is 18.9 Å². The molecule has 2 aromatic heterocycles. The summed E-state index contributed by atoms with van der Waals surface area (Å²) in [7, 11) is 1.58. The Kier molecular flexibility index (Phi) is 4.16. The van der Waals surface area contributed by atoms with Gasteiger partial charge < -0.3 is 14.5 Å². The predicted molar refractivity (Wildman–Crippen MR) is 106 cm³/mol. The lowest BCUT2D eigenvalue weighted by atomic mass is 10.1. The van der Waals surface area contributed by atoms with Crippen molar-refractivity contribution in [3.05, 3.63) is 36.4 Å². The quantitative estimate of drug-likeness (QED) is 0.498. The Morgan fingerprint density at radius 3 is 2.96 bits per heavy atom. The number of ether oxygens (including phenoxy) is 1. The second-order valence-corrected chi connectivity index (χ2v) is 7.56. The number of benzene rings is 2. The van der Waals surface area contributed by atoms with Crippen molar-refractivity contribution >= 4 is 45.3 Å². The number of nitrogens with one attached hydrogen (secondary N) is 1. The van der Waals surface area contributed by atoms with Gasteiger partial charge in [-0.2, -0.15) is 0 Å². The van der Waals surface area contributed by atoms with Crippen molar-refractivity contribution in [2.45, 2.75) is 24.0 Å². The van der Waals surface area contributed by atoms with Crippen molar-refractivity contribution in [1.29, 1.82) is 0 Å². The molecule has 28 heavy (non-hydrogen) atoms. The molecule has 2 heterocycles. The molecular formula is C19H17N5O3S. The molecule has 0 unspecified atom stereocenters. The first-order chi connectivity index (χ1) is 13.7. The molecule has 1 aliphatic carbocycles. The fourth-order valence-electron chi connectivity index (χ4n) is 3.16. The Morgan fingerprint density at radius 2 is 2.14 bits per heavy atom. The fourth-order valence-corrected chi connectivity index (χ4v) is 3.91. The number of amides is 1. The van der Waals surface area contributed by atoms with Gasteiger partial charge in [-0.15, -0.1) is 5.10 Å². The Hall–Kier alpha value is -3.07. The summed E-state index contributed by atoms with van der Waals surface area (Å²) in [4.78, 5) is 12.5. The molecule has 1 amide bonds. The van der Waals surface area contributed by atoms with Gasteiger partial charge >= 0.3 is 0 Å². The molecule has 0 radical (unpaired) electrons. The number of anilines is 1. The molecule has 1 saturated carbocycles. The first kappa shape index (κ1) is 17.1. The first-order valence-corrected chi connectivity index (χ1v) is 9.91. The smallest absolute Gasteiger partial charge is 0.234 e. The molecule has 4 aromatic rings. The van der Waals surface area contributed by atoms with Crippen LogP contribution in [-0.2, 0) is 4.79 Å². The summed E-state index contributed by atoms with van der Waals surface area (Å²) in [5.74, 6) is 0.623. The van der Waals surface area contributed by atoms with Crippen LogP contribution >= 0.6 is 11.8 Å². The number of furan rings is 1. The number of fused-ring (bicyclic) bond motifs is 3. The number of tetrazole rings is 1. The molecule has 9 heteroatoms. The standard InChI is InChI=1S/C19H17N5O3S/c1-26-17-8-13-12-4-2-3-5-15(12)27-16(13)9-14(17)20-18(25)10-28-19-21-22-23-24(19)11-6-7-11/h2-5,8-9,11H,6-7,10H2,1H3,(H,20,25). The van der Waals surface area contributed by atoms with Gasteiger partial charge in [-0.1, -0.05) is 30.0 Å². The summed E-state index contributed by atoms with van der Waals surface area (Å²) in [6, 6.07) is 11.9. The van der Waals surface area contributed by atoms with E-state index in [1.165, 1.54) is 11.8 Å². The number of carbonyl (C=O) groups excluding carboxylic acids is 1. The van der Waals surface area contributed by atoms with Gasteiger partial charge in [0.25, 0.3) is 0 Å². The minimum absolute atomic E-state index is 0.163. The molecule has 1 aliphatic rings. The predicted octanol–water partition coefficient (Wildman–Crippen LogP) is 3.65. The highest BCUT2D eigenvalue weighted by Crippen LogP contribution is 2.37. The van der Waals surface area contributed by atoms with Crippen LogP contribution in [0.15, 0.2) is 46.0 Å². The lowest BCUT2D eigenvalue weighted by Crippen LogP contribution is -2.15. The minimum atomic E-state index is -0.163. The van der Waals surface area contributed by atoms with Crippen molar-refractivity contribution in [3.8, 4) is 5.75 Å². The zero-order valence-corrected chi connectivity index (χ0v) is 15.9. The van der Waals surface area contributed by atoms with Crippen LogP contribution < -0.4 is 10.1 Å². The lowest BCUT2D eigenvalue weighted by Gasteiger charge is -2.10. The molecule has 5 rings (SSSR count). The molecule has 1 N–H and O–H groups in total. The zero-order valence-electron chi connectivity index (χ0n) is 15.1. The third-order valence-electron chi connectivity index (χ3n) is 4.66. The van der Waals surface area contributed by atoms with Crippen LogP contribution in [0.5, 0.6) is 5.75 Å². The summed E-state index contributed by atoms with van der Waals surface area (Å²) in [5.41, 5.74) is 2.06. The Balaban J connectivity index is 1.36. The van der Waals surface area contributed by atoms with Crippen LogP contribution in [-0.4, -0.2) is 39.0 Å².